The third-order valence-electron chi connectivity index (χ3n) is 1.25. The second-order valence-corrected chi connectivity index (χ2v) is 3.43. The SMILES string of the molecule is Cc1nc(C(=O)O)c(CC#N)s1. The van der Waals surface area contributed by atoms with E-state index in [2.05, 4.69) is 4.98 Å². The number of carboxylic acids is 1. The molecular formula is C7H6N2O2S. The molecule has 0 aliphatic carbocycles. The van der Waals surface area contributed by atoms with E-state index in [4.69, 9.17) is 10.4 Å². The van der Waals surface area contributed by atoms with Crippen LogP contribution in [0.15, 0.2) is 0 Å². The van der Waals surface area contributed by atoms with Crippen molar-refractivity contribution in [3.63, 3.8) is 0 Å². The van der Waals surface area contributed by atoms with Gasteiger partial charge in [0.1, 0.15) is 0 Å². The van der Waals surface area contributed by atoms with Gasteiger partial charge in [-0.3, -0.25) is 0 Å². The molecule has 0 atom stereocenters. The molecule has 0 spiro atoms. The lowest BCUT2D eigenvalue weighted by Gasteiger charge is -1.88. The Hall–Kier alpha value is -1.41. The van der Waals surface area contributed by atoms with Crippen LogP contribution in [-0.2, 0) is 6.42 Å². The van der Waals surface area contributed by atoms with Crippen LogP contribution in [0, 0.1) is 18.3 Å². The number of hydrogen-bond acceptors (Lipinski definition) is 4. The molecule has 0 saturated carbocycles. The number of nitriles is 1. The van der Waals surface area contributed by atoms with Crippen molar-refractivity contribution in [2.75, 3.05) is 0 Å². The first-order valence-electron chi connectivity index (χ1n) is 3.21. The molecule has 1 aromatic rings. The second kappa shape index (κ2) is 3.32. The summed E-state index contributed by atoms with van der Waals surface area (Å²) < 4.78 is 0. The van der Waals surface area contributed by atoms with Gasteiger partial charge in [-0.05, 0) is 6.92 Å². The van der Waals surface area contributed by atoms with Crippen LogP contribution in [0.4, 0.5) is 0 Å². The minimum Gasteiger partial charge on any atom is -0.476 e. The molecule has 62 valence electrons. The maximum atomic E-state index is 10.5. The summed E-state index contributed by atoms with van der Waals surface area (Å²) in [4.78, 5) is 14.9. The molecule has 12 heavy (non-hydrogen) atoms. The average Bonchev–Trinajstić information content (AvgIpc) is 2.32. The van der Waals surface area contributed by atoms with E-state index in [1.54, 1.807) is 6.92 Å². The van der Waals surface area contributed by atoms with Crippen molar-refractivity contribution in [3.05, 3.63) is 15.6 Å². The Morgan fingerprint density at radius 1 is 1.83 bits per heavy atom. The summed E-state index contributed by atoms with van der Waals surface area (Å²) in [6.45, 7) is 1.72. The summed E-state index contributed by atoms with van der Waals surface area (Å²) in [6, 6.07) is 1.90. The lowest BCUT2D eigenvalue weighted by Crippen LogP contribution is -2.00. The highest BCUT2D eigenvalue weighted by atomic mass is 32.1. The highest BCUT2D eigenvalue weighted by Crippen LogP contribution is 2.17. The second-order valence-electron chi connectivity index (χ2n) is 2.14. The van der Waals surface area contributed by atoms with Gasteiger partial charge in [-0.2, -0.15) is 5.26 Å². The zero-order valence-electron chi connectivity index (χ0n) is 6.37. The van der Waals surface area contributed by atoms with Crippen LogP contribution in [0.1, 0.15) is 20.4 Å². The number of nitrogens with zero attached hydrogens (tertiary/aromatic N) is 2. The molecule has 4 nitrogen and oxygen atoms in total. The summed E-state index contributed by atoms with van der Waals surface area (Å²) in [5.74, 6) is -1.07. The van der Waals surface area contributed by atoms with Gasteiger partial charge in [-0.15, -0.1) is 11.3 Å². The molecule has 0 amide bonds. The Labute approximate surface area is 73.1 Å². The van der Waals surface area contributed by atoms with E-state index in [9.17, 15) is 4.79 Å². The fourth-order valence-electron chi connectivity index (χ4n) is 0.828. The van der Waals surface area contributed by atoms with Crippen molar-refractivity contribution in [2.24, 2.45) is 0 Å². The number of aromatic carboxylic acids is 1. The van der Waals surface area contributed by atoms with Gasteiger partial charge < -0.3 is 5.11 Å². The highest BCUT2D eigenvalue weighted by molar-refractivity contribution is 7.11. The lowest BCUT2D eigenvalue weighted by molar-refractivity contribution is 0.0690. The van der Waals surface area contributed by atoms with Crippen molar-refractivity contribution in [1.82, 2.24) is 4.98 Å². The summed E-state index contributed by atoms with van der Waals surface area (Å²) in [5, 5.41) is 17.7. The van der Waals surface area contributed by atoms with Crippen molar-refractivity contribution in [3.8, 4) is 6.07 Å². The van der Waals surface area contributed by atoms with E-state index in [1.165, 1.54) is 11.3 Å². The topological polar surface area (TPSA) is 74.0 Å². The van der Waals surface area contributed by atoms with Crippen molar-refractivity contribution in [2.45, 2.75) is 13.3 Å². The van der Waals surface area contributed by atoms with Crippen LogP contribution in [0.25, 0.3) is 0 Å². The molecular weight excluding hydrogens is 176 g/mol. The maximum absolute atomic E-state index is 10.5. The van der Waals surface area contributed by atoms with E-state index in [-0.39, 0.29) is 12.1 Å². The number of rotatable bonds is 2. The Kier molecular flexibility index (Phi) is 2.41. The quantitative estimate of drug-likeness (QED) is 0.746. The summed E-state index contributed by atoms with van der Waals surface area (Å²) in [7, 11) is 0. The molecule has 5 heteroatoms. The molecule has 1 heterocycles. The monoisotopic (exact) mass is 182 g/mol. The average molecular weight is 182 g/mol. The Morgan fingerprint density at radius 3 is 3.00 bits per heavy atom. The van der Waals surface area contributed by atoms with Crippen LogP contribution in [-0.4, -0.2) is 16.1 Å². The van der Waals surface area contributed by atoms with Gasteiger partial charge in [-0.25, -0.2) is 9.78 Å². The number of aryl methyl sites for hydroxylation is 1. The maximum Gasteiger partial charge on any atom is 0.355 e. The van der Waals surface area contributed by atoms with Crippen LogP contribution >= 0.6 is 11.3 Å². The third-order valence-corrected chi connectivity index (χ3v) is 2.22. The number of hydrogen-bond donors (Lipinski definition) is 1. The molecule has 1 aromatic heterocycles. The van der Waals surface area contributed by atoms with Gasteiger partial charge in [-0.1, -0.05) is 0 Å². The molecule has 0 saturated heterocycles. The summed E-state index contributed by atoms with van der Waals surface area (Å²) in [5.41, 5.74) is 0.0130. The molecule has 0 bridgehead atoms. The van der Waals surface area contributed by atoms with Crippen molar-refractivity contribution >= 4 is 17.3 Å². The van der Waals surface area contributed by atoms with Crippen LogP contribution in [0.5, 0.6) is 0 Å². The Morgan fingerprint density at radius 2 is 2.50 bits per heavy atom. The normalized spacial score (nSPS) is 9.33. The Bertz CT molecular complexity index is 351. The molecule has 1 rings (SSSR count). The molecule has 0 aromatic carbocycles. The number of aromatic nitrogens is 1. The van der Waals surface area contributed by atoms with Gasteiger partial charge in [0, 0.05) is 0 Å². The minimum absolute atomic E-state index is 0.0130. The first kappa shape index (κ1) is 8.68. The smallest absolute Gasteiger partial charge is 0.355 e. The predicted octanol–water partition coefficient (Wildman–Crippen LogP) is 1.22. The van der Waals surface area contributed by atoms with Gasteiger partial charge in [0.25, 0.3) is 0 Å². The van der Waals surface area contributed by atoms with Crippen LogP contribution < -0.4 is 0 Å². The van der Waals surface area contributed by atoms with Crippen molar-refractivity contribution < 1.29 is 9.90 Å². The zero-order chi connectivity index (χ0) is 9.14. The van der Waals surface area contributed by atoms with Gasteiger partial charge >= 0.3 is 5.97 Å². The lowest BCUT2D eigenvalue weighted by atomic mass is 10.3. The molecule has 1 N–H and O–H groups in total. The summed E-state index contributed by atoms with van der Waals surface area (Å²) in [6.07, 6.45) is 0.118. The van der Waals surface area contributed by atoms with E-state index >= 15 is 0 Å². The number of carbonyl (C=O) groups is 1. The first-order valence-corrected chi connectivity index (χ1v) is 4.03. The molecule has 0 radical (unpaired) electrons. The molecule has 0 unspecified atom stereocenters. The molecule has 0 aliphatic rings. The van der Waals surface area contributed by atoms with E-state index in [0.717, 1.165) is 0 Å². The predicted molar refractivity (Wildman–Crippen MR) is 43.1 cm³/mol. The van der Waals surface area contributed by atoms with Gasteiger partial charge in [0.05, 0.1) is 22.4 Å². The van der Waals surface area contributed by atoms with E-state index < -0.39 is 5.97 Å². The summed E-state index contributed by atoms with van der Waals surface area (Å²) >= 11 is 1.25. The van der Waals surface area contributed by atoms with Crippen LogP contribution in [0.2, 0.25) is 0 Å². The van der Waals surface area contributed by atoms with E-state index in [0.29, 0.717) is 9.88 Å². The van der Waals surface area contributed by atoms with Crippen molar-refractivity contribution in [1.29, 1.82) is 5.26 Å². The molecule has 0 aliphatic heterocycles. The number of thiazole rings is 1. The standard InChI is InChI=1S/C7H6N2O2S/c1-4-9-6(7(10)11)5(12-4)2-3-8/h2H2,1H3,(H,10,11). The minimum atomic E-state index is -1.07. The molecule has 0 fully saturated rings. The number of carboxylic acid groups (broad SMARTS) is 1. The van der Waals surface area contributed by atoms with Gasteiger partial charge in [0.15, 0.2) is 5.69 Å². The third kappa shape index (κ3) is 1.60. The first-order chi connectivity index (χ1) is 5.65. The fourth-order valence-corrected chi connectivity index (χ4v) is 1.69. The van der Waals surface area contributed by atoms with E-state index in [1.807, 2.05) is 6.07 Å². The van der Waals surface area contributed by atoms with Crippen LogP contribution in [0.3, 0.4) is 0 Å². The Balaban J connectivity index is 3.10. The van der Waals surface area contributed by atoms with Gasteiger partial charge in [0.2, 0.25) is 0 Å². The highest BCUT2D eigenvalue weighted by Gasteiger charge is 2.14. The largest absolute Gasteiger partial charge is 0.476 e. The zero-order valence-corrected chi connectivity index (χ0v) is 7.18. The fraction of sp³-hybridized carbons (Fsp3) is 0.286.